The average molecular weight is 632 g/mol. The first kappa shape index (κ1) is 39.2. The topological polar surface area (TPSA) is 0 Å². The number of hydrogen-bond acceptors (Lipinski definition) is 0. The van der Waals surface area contributed by atoms with Crippen LogP contribution >= 0.6 is 0 Å². The van der Waals surface area contributed by atoms with Crippen LogP contribution in [0.5, 0.6) is 0 Å². The van der Waals surface area contributed by atoms with Gasteiger partial charge in [0.1, 0.15) is 0 Å². The van der Waals surface area contributed by atoms with Crippen molar-refractivity contribution in [3.8, 4) is 0 Å². The molecule has 0 radical (unpaired) electrons. The fraction of sp³-hybridized carbons (Fsp3) is 0.500. The zero-order valence-electron chi connectivity index (χ0n) is 26.4. The van der Waals surface area contributed by atoms with Gasteiger partial charge in [-0.15, -0.1) is 56.9 Å². The van der Waals surface area contributed by atoms with E-state index in [0.29, 0.717) is 0 Å². The Morgan fingerprint density at radius 2 is 0.875 bits per heavy atom. The minimum absolute atomic E-state index is 0. The van der Waals surface area contributed by atoms with Gasteiger partial charge in [-0.2, -0.15) is 12.1 Å². The van der Waals surface area contributed by atoms with E-state index < -0.39 is 0 Å². The molecule has 0 spiro atoms. The molecule has 0 amide bonds. The van der Waals surface area contributed by atoms with E-state index in [4.69, 9.17) is 0 Å². The molecule has 0 nitrogen and oxygen atoms in total. The zero-order valence-corrected chi connectivity index (χ0v) is 30.5. The Balaban J connectivity index is 0.000000643. The van der Waals surface area contributed by atoms with E-state index in [1.807, 2.05) is 0 Å². The van der Waals surface area contributed by atoms with E-state index >= 15 is 0 Å². The molecule has 0 fully saturated rings. The van der Waals surface area contributed by atoms with Crippen molar-refractivity contribution in [2.45, 2.75) is 119 Å². The van der Waals surface area contributed by atoms with Crippen molar-refractivity contribution >= 4 is 27.7 Å². The number of benzene rings is 2. The molecule has 0 atom stereocenters. The Kier molecular flexibility index (Phi) is 20.5. The second kappa shape index (κ2) is 21.0. The maximum atomic E-state index is 2.43. The van der Waals surface area contributed by atoms with Gasteiger partial charge in [-0.05, 0) is 38.5 Å². The van der Waals surface area contributed by atoms with Crippen LogP contribution in [0.15, 0.2) is 48.5 Å². The molecule has 0 heterocycles. The maximum Gasteiger partial charge on any atom is -1.00 e. The number of fused-ring (bicyclic) bond motifs is 2. The van der Waals surface area contributed by atoms with E-state index in [9.17, 15) is 0 Å². The minimum Gasteiger partial charge on any atom is -1.00 e. The molecule has 4 aromatic carbocycles. The van der Waals surface area contributed by atoms with Gasteiger partial charge in [-0.25, -0.2) is 0 Å². The molecular weight excluding hydrogens is 579 g/mol. The quantitative estimate of drug-likeness (QED) is 0.174. The van der Waals surface area contributed by atoms with E-state index in [1.165, 1.54) is 95.2 Å². The zero-order chi connectivity index (χ0) is 28.1. The molecule has 4 heteroatoms. The summed E-state index contributed by atoms with van der Waals surface area (Å²) in [5, 5.41) is 5.89. The Labute approximate surface area is 270 Å². The molecule has 4 rings (SSSR count). The SMILES string of the molecule is CCCc1cc(CCC)c2cc(CC)[cH-]c2c1.CCCc1cc(CCC)c2cc(CC)[cH-]c2c1.C[Si](C)=[Ti+2].[Cl-].[Cl-]. The predicted molar refractivity (Wildman–Crippen MR) is 171 cm³/mol. The standard InChI is InChI=1S/2C17H23.C2H6Si.2ClH.Ti/c2*1-4-7-14-10-15(8-5-2)17-12-13(6-3)9-16(17)11-14;1-3-2;;;/h2*9-12H,4-8H2,1-3H3;1-2H3;2*1H;/q2*-1;;;;+2/p-2. The molecular formula is C36H52Cl2SiTi-2. The largest absolute Gasteiger partial charge is 1.00 e. The molecule has 0 saturated carbocycles. The number of aryl methyl sites for hydroxylation is 6. The monoisotopic (exact) mass is 630 g/mol. The van der Waals surface area contributed by atoms with Crippen LogP contribution in [0.2, 0.25) is 13.1 Å². The summed E-state index contributed by atoms with van der Waals surface area (Å²) in [5.41, 5.74) is 9.08. The summed E-state index contributed by atoms with van der Waals surface area (Å²) in [6.45, 7) is 18.1. The Morgan fingerprint density at radius 3 is 1.15 bits per heavy atom. The summed E-state index contributed by atoms with van der Waals surface area (Å²) in [6.07, 6.45) is 12.2. The summed E-state index contributed by atoms with van der Waals surface area (Å²) < 4.78 is 0. The van der Waals surface area contributed by atoms with Gasteiger partial charge in [-0.3, -0.25) is 0 Å². The van der Waals surface area contributed by atoms with Crippen LogP contribution in [-0.4, -0.2) is 6.19 Å². The number of hydrogen-bond donors (Lipinski definition) is 0. The Hall–Kier alpha value is -0.829. The molecule has 0 saturated heterocycles. The molecule has 0 aliphatic rings. The van der Waals surface area contributed by atoms with Gasteiger partial charge in [0.2, 0.25) is 0 Å². The van der Waals surface area contributed by atoms with Gasteiger partial charge in [-0.1, -0.05) is 102 Å². The fourth-order valence-electron chi connectivity index (χ4n) is 5.28. The van der Waals surface area contributed by atoms with E-state index in [2.05, 4.69) is 122 Å². The predicted octanol–water partition coefficient (Wildman–Crippen LogP) is 4.84. The first-order valence-corrected chi connectivity index (χ1v) is 20.1. The Morgan fingerprint density at radius 1 is 0.550 bits per heavy atom. The average Bonchev–Trinajstić information content (AvgIpc) is 3.49. The second-order valence-corrected chi connectivity index (χ2v) is 17.6. The summed E-state index contributed by atoms with van der Waals surface area (Å²) in [7, 11) is 0. The van der Waals surface area contributed by atoms with Crippen LogP contribution in [0.4, 0.5) is 0 Å². The van der Waals surface area contributed by atoms with E-state index in [1.54, 1.807) is 11.1 Å². The molecule has 0 N–H and O–H groups in total. The maximum absolute atomic E-state index is 2.43. The molecule has 0 aliphatic carbocycles. The van der Waals surface area contributed by atoms with Crippen molar-refractivity contribution in [1.82, 2.24) is 0 Å². The molecule has 0 bridgehead atoms. The van der Waals surface area contributed by atoms with Crippen LogP contribution < -0.4 is 24.8 Å². The summed E-state index contributed by atoms with van der Waals surface area (Å²) in [6, 6.07) is 19.1. The molecule has 0 aliphatic heterocycles. The number of rotatable bonds is 10. The summed E-state index contributed by atoms with van der Waals surface area (Å²) >= 11 is 2.27. The van der Waals surface area contributed by atoms with Crippen molar-refractivity contribution in [1.29, 1.82) is 0 Å². The van der Waals surface area contributed by atoms with Crippen molar-refractivity contribution in [3.63, 3.8) is 0 Å². The van der Waals surface area contributed by atoms with Gasteiger partial charge in [0.25, 0.3) is 0 Å². The van der Waals surface area contributed by atoms with E-state index in [0.717, 1.165) is 12.8 Å². The molecule has 4 aromatic rings. The van der Waals surface area contributed by atoms with Crippen molar-refractivity contribution in [2.75, 3.05) is 0 Å². The third-order valence-corrected chi connectivity index (χ3v) is 6.99. The molecule has 0 unspecified atom stereocenters. The van der Waals surface area contributed by atoms with Crippen molar-refractivity contribution < 1.29 is 44.0 Å². The molecule has 220 valence electrons. The Bertz CT molecular complexity index is 1180. The normalized spacial score (nSPS) is 10.2. The van der Waals surface area contributed by atoms with Gasteiger partial charge in [0, 0.05) is 0 Å². The van der Waals surface area contributed by atoms with E-state index in [-0.39, 0.29) is 31.0 Å². The van der Waals surface area contributed by atoms with Crippen LogP contribution in [0.25, 0.3) is 21.5 Å². The number of halogens is 2. The van der Waals surface area contributed by atoms with Gasteiger partial charge in [0.15, 0.2) is 0 Å². The molecule has 40 heavy (non-hydrogen) atoms. The minimum atomic E-state index is 0. The summed E-state index contributed by atoms with van der Waals surface area (Å²) in [5.74, 6) is 0. The first-order chi connectivity index (χ1) is 18.3. The van der Waals surface area contributed by atoms with Crippen molar-refractivity contribution in [2.24, 2.45) is 0 Å². The van der Waals surface area contributed by atoms with Crippen LogP contribution in [-0.2, 0) is 57.7 Å². The first-order valence-electron chi connectivity index (χ1n) is 15.2. The fourth-order valence-corrected chi connectivity index (χ4v) is 5.28. The van der Waals surface area contributed by atoms with Gasteiger partial charge in [0.05, 0.1) is 0 Å². The van der Waals surface area contributed by atoms with Gasteiger partial charge < -0.3 is 24.8 Å². The van der Waals surface area contributed by atoms with Crippen molar-refractivity contribution in [3.05, 3.63) is 81.9 Å². The summed E-state index contributed by atoms with van der Waals surface area (Å²) in [4.78, 5) is 0. The van der Waals surface area contributed by atoms with Crippen LogP contribution in [0, 0.1) is 0 Å². The third-order valence-electron chi connectivity index (χ3n) is 6.99. The van der Waals surface area contributed by atoms with Crippen LogP contribution in [0.1, 0.15) is 101 Å². The smallest absolute Gasteiger partial charge is 1.00 e. The third kappa shape index (κ3) is 12.2. The molecule has 0 aromatic heterocycles. The second-order valence-electron chi connectivity index (χ2n) is 10.9. The van der Waals surface area contributed by atoms with Crippen LogP contribution in [0.3, 0.4) is 0 Å². The van der Waals surface area contributed by atoms with Gasteiger partial charge >= 0.3 is 38.5 Å².